The normalized spacial score (nSPS) is 20.1. The van der Waals surface area contributed by atoms with Crippen LogP contribution < -0.4 is 20.7 Å². The van der Waals surface area contributed by atoms with E-state index in [0.717, 1.165) is 30.6 Å². The summed E-state index contributed by atoms with van der Waals surface area (Å²) in [6.07, 6.45) is 2.02. The SMILES string of the molecule is O=C(NC[C@@H]1Cc2ccccc2O1)Nc1ccc(NC(=O)[C@H]2CCCO2)cc1. The summed E-state index contributed by atoms with van der Waals surface area (Å²) in [6.45, 7) is 1.06. The highest BCUT2D eigenvalue weighted by molar-refractivity contribution is 5.95. The fourth-order valence-corrected chi connectivity index (χ4v) is 3.39. The summed E-state index contributed by atoms with van der Waals surface area (Å²) in [5, 5.41) is 8.44. The number of carbonyl (C=O) groups excluding carboxylic acids is 2. The molecule has 4 rings (SSSR count). The lowest BCUT2D eigenvalue weighted by Gasteiger charge is -2.13. The largest absolute Gasteiger partial charge is 0.488 e. The van der Waals surface area contributed by atoms with E-state index in [0.29, 0.717) is 24.5 Å². The van der Waals surface area contributed by atoms with Crippen molar-refractivity contribution in [3.63, 3.8) is 0 Å². The smallest absolute Gasteiger partial charge is 0.319 e. The lowest BCUT2D eigenvalue weighted by molar-refractivity contribution is -0.124. The van der Waals surface area contributed by atoms with E-state index < -0.39 is 0 Å². The Morgan fingerprint density at radius 2 is 1.75 bits per heavy atom. The van der Waals surface area contributed by atoms with Gasteiger partial charge in [0, 0.05) is 24.4 Å². The van der Waals surface area contributed by atoms with Crippen LogP contribution in [0.4, 0.5) is 16.2 Å². The van der Waals surface area contributed by atoms with Crippen molar-refractivity contribution in [2.24, 2.45) is 0 Å². The molecule has 3 amide bonds. The number of urea groups is 1. The third-order valence-corrected chi connectivity index (χ3v) is 4.84. The fourth-order valence-electron chi connectivity index (χ4n) is 3.39. The van der Waals surface area contributed by atoms with Crippen molar-refractivity contribution in [1.29, 1.82) is 0 Å². The number of hydrogen-bond donors (Lipinski definition) is 3. The van der Waals surface area contributed by atoms with Crippen molar-refractivity contribution < 1.29 is 19.1 Å². The van der Waals surface area contributed by atoms with Crippen molar-refractivity contribution in [2.75, 3.05) is 23.8 Å². The van der Waals surface area contributed by atoms with Crippen molar-refractivity contribution in [1.82, 2.24) is 5.32 Å². The van der Waals surface area contributed by atoms with E-state index in [2.05, 4.69) is 16.0 Å². The molecule has 2 aromatic rings. The van der Waals surface area contributed by atoms with Gasteiger partial charge in [0.25, 0.3) is 5.91 Å². The zero-order valence-corrected chi connectivity index (χ0v) is 15.4. The van der Waals surface area contributed by atoms with Crippen LogP contribution in [0.25, 0.3) is 0 Å². The molecule has 2 aliphatic heterocycles. The van der Waals surface area contributed by atoms with Crippen LogP contribution in [0.2, 0.25) is 0 Å². The topological polar surface area (TPSA) is 88.7 Å². The van der Waals surface area contributed by atoms with E-state index in [9.17, 15) is 9.59 Å². The average Bonchev–Trinajstić information content (AvgIpc) is 3.37. The van der Waals surface area contributed by atoms with Crippen LogP contribution in [0.5, 0.6) is 5.75 Å². The number of hydrogen-bond acceptors (Lipinski definition) is 4. The van der Waals surface area contributed by atoms with E-state index in [-0.39, 0.29) is 24.1 Å². The van der Waals surface area contributed by atoms with Crippen LogP contribution in [-0.4, -0.2) is 37.3 Å². The van der Waals surface area contributed by atoms with Crippen LogP contribution in [0.1, 0.15) is 18.4 Å². The quantitative estimate of drug-likeness (QED) is 0.743. The number of fused-ring (bicyclic) bond motifs is 1. The Labute approximate surface area is 163 Å². The lowest BCUT2D eigenvalue weighted by Crippen LogP contribution is -2.37. The third kappa shape index (κ3) is 4.43. The molecule has 2 heterocycles. The third-order valence-electron chi connectivity index (χ3n) is 4.84. The summed E-state index contributed by atoms with van der Waals surface area (Å²) in [4.78, 5) is 24.2. The highest BCUT2D eigenvalue weighted by atomic mass is 16.5. The van der Waals surface area contributed by atoms with Crippen LogP contribution in [0.15, 0.2) is 48.5 Å². The van der Waals surface area contributed by atoms with E-state index in [1.807, 2.05) is 24.3 Å². The minimum Gasteiger partial charge on any atom is -0.488 e. The minimum atomic E-state index is -0.368. The molecular weight excluding hydrogens is 358 g/mol. The Hall–Kier alpha value is -3.06. The summed E-state index contributed by atoms with van der Waals surface area (Å²) in [5.41, 5.74) is 2.47. The van der Waals surface area contributed by atoms with Gasteiger partial charge in [0.15, 0.2) is 0 Å². The number of rotatable bonds is 5. The second-order valence-corrected chi connectivity index (χ2v) is 6.95. The first-order valence-corrected chi connectivity index (χ1v) is 9.49. The maximum atomic E-state index is 12.1. The maximum absolute atomic E-state index is 12.1. The first kappa shape index (κ1) is 18.3. The molecular formula is C21H23N3O4. The van der Waals surface area contributed by atoms with Gasteiger partial charge in [0.2, 0.25) is 0 Å². The molecule has 2 aromatic carbocycles. The Morgan fingerprint density at radius 3 is 2.46 bits per heavy atom. The molecule has 0 aliphatic carbocycles. The summed E-state index contributed by atoms with van der Waals surface area (Å²) in [6, 6.07) is 14.6. The molecule has 3 N–H and O–H groups in total. The molecule has 0 spiro atoms. The number of ether oxygens (including phenoxy) is 2. The molecule has 0 unspecified atom stereocenters. The summed E-state index contributed by atoms with van der Waals surface area (Å²) >= 11 is 0. The Morgan fingerprint density at radius 1 is 1.00 bits per heavy atom. The molecule has 1 saturated heterocycles. The second kappa shape index (κ2) is 8.31. The zero-order valence-electron chi connectivity index (χ0n) is 15.4. The van der Waals surface area contributed by atoms with E-state index >= 15 is 0 Å². The molecule has 2 atom stereocenters. The monoisotopic (exact) mass is 381 g/mol. The molecule has 146 valence electrons. The number of carbonyl (C=O) groups is 2. The predicted molar refractivity (Wildman–Crippen MR) is 106 cm³/mol. The molecule has 0 aromatic heterocycles. The summed E-state index contributed by atoms with van der Waals surface area (Å²) in [7, 11) is 0. The van der Waals surface area contributed by atoms with Gasteiger partial charge in [-0.3, -0.25) is 4.79 Å². The van der Waals surface area contributed by atoms with Gasteiger partial charge < -0.3 is 25.4 Å². The number of benzene rings is 2. The van der Waals surface area contributed by atoms with Crippen LogP contribution in [-0.2, 0) is 16.0 Å². The molecule has 7 nitrogen and oxygen atoms in total. The van der Waals surface area contributed by atoms with Crippen molar-refractivity contribution in [2.45, 2.75) is 31.5 Å². The fraction of sp³-hybridized carbons (Fsp3) is 0.333. The molecule has 0 radical (unpaired) electrons. The Balaban J connectivity index is 1.22. The molecule has 0 saturated carbocycles. The highest BCUT2D eigenvalue weighted by Crippen LogP contribution is 2.27. The maximum Gasteiger partial charge on any atom is 0.319 e. The van der Waals surface area contributed by atoms with Gasteiger partial charge in [0.05, 0.1) is 6.54 Å². The van der Waals surface area contributed by atoms with Gasteiger partial charge in [-0.15, -0.1) is 0 Å². The molecule has 28 heavy (non-hydrogen) atoms. The second-order valence-electron chi connectivity index (χ2n) is 6.95. The molecule has 2 aliphatic rings. The van der Waals surface area contributed by atoms with Crippen molar-refractivity contribution in [3.8, 4) is 5.75 Å². The standard InChI is InChI=1S/C21H23N3O4/c25-20(19-6-3-11-27-19)23-15-7-9-16(10-8-15)24-21(26)22-13-17-12-14-4-1-2-5-18(14)28-17/h1-2,4-5,7-10,17,19H,3,6,11-13H2,(H,23,25)(H2,22,24,26)/t17-,19+/m0/s1. The average molecular weight is 381 g/mol. The Kier molecular flexibility index (Phi) is 5.43. The molecule has 7 heteroatoms. The van der Waals surface area contributed by atoms with Crippen molar-refractivity contribution in [3.05, 3.63) is 54.1 Å². The number of anilines is 2. The Bertz CT molecular complexity index is 822. The number of para-hydroxylation sites is 1. The predicted octanol–water partition coefficient (Wildman–Crippen LogP) is 2.93. The number of nitrogens with one attached hydrogen (secondary N) is 3. The van der Waals surface area contributed by atoms with Gasteiger partial charge in [-0.1, -0.05) is 18.2 Å². The summed E-state index contributed by atoms with van der Waals surface area (Å²) in [5.74, 6) is 0.754. The lowest BCUT2D eigenvalue weighted by atomic mass is 10.1. The van der Waals surface area contributed by atoms with Gasteiger partial charge in [-0.2, -0.15) is 0 Å². The van der Waals surface area contributed by atoms with Crippen molar-refractivity contribution >= 4 is 23.3 Å². The first-order valence-electron chi connectivity index (χ1n) is 9.49. The van der Waals surface area contributed by atoms with Crippen LogP contribution in [0.3, 0.4) is 0 Å². The minimum absolute atomic E-state index is 0.0569. The van der Waals surface area contributed by atoms with Gasteiger partial charge in [-0.05, 0) is 48.7 Å². The van der Waals surface area contributed by atoms with E-state index in [1.165, 1.54) is 0 Å². The first-order chi connectivity index (χ1) is 13.7. The number of amides is 3. The highest BCUT2D eigenvalue weighted by Gasteiger charge is 2.24. The van der Waals surface area contributed by atoms with Gasteiger partial charge in [0.1, 0.15) is 18.0 Å². The summed E-state index contributed by atoms with van der Waals surface area (Å²) < 4.78 is 11.2. The van der Waals surface area contributed by atoms with Gasteiger partial charge in [-0.25, -0.2) is 4.79 Å². The van der Waals surface area contributed by atoms with Crippen LogP contribution in [0, 0.1) is 0 Å². The molecule has 0 bridgehead atoms. The van der Waals surface area contributed by atoms with Crippen LogP contribution >= 0.6 is 0 Å². The zero-order chi connectivity index (χ0) is 19.3. The molecule has 1 fully saturated rings. The van der Waals surface area contributed by atoms with Gasteiger partial charge >= 0.3 is 6.03 Å². The van der Waals surface area contributed by atoms with E-state index in [1.54, 1.807) is 24.3 Å². The van der Waals surface area contributed by atoms with E-state index in [4.69, 9.17) is 9.47 Å².